The third-order valence-electron chi connectivity index (χ3n) is 6.68. The molecule has 3 aliphatic rings. The summed E-state index contributed by atoms with van der Waals surface area (Å²) in [4.78, 5) is 2.24. The fourth-order valence-corrected chi connectivity index (χ4v) is 4.95. The Labute approximate surface area is 247 Å². The van der Waals surface area contributed by atoms with E-state index in [2.05, 4.69) is 61.3 Å². The van der Waals surface area contributed by atoms with Crippen LogP contribution in [0.25, 0.3) is 4.72 Å². The van der Waals surface area contributed by atoms with Gasteiger partial charge in [0.05, 0.1) is 0 Å². The molecular weight excluding hydrogens is 459 g/mol. The maximum Gasteiger partial charge on any atom is 1.00 e. The summed E-state index contributed by atoms with van der Waals surface area (Å²) in [7, 11) is 3.25. The van der Waals surface area contributed by atoms with E-state index in [9.17, 15) is 0 Å². The van der Waals surface area contributed by atoms with E-state index in [-0.39, 0.29) is 29.6 Å². The molecule has 1 aliphatic heterocycles. The zero-order valence-electron chi connectivity index (χ0n) is 25.5. The summed E-state index contributed by atoms with van der Waals surface area (Å²) in [6.45, 7) is 25.1. The summed E-state index contributed by atoms with van der Waals surface area (Å²) in [5.74, 6) is 5.13. The van der Waals surface area contributed by atoms with Crippen molar-refractivity contribution in [2.45, 2.75) is 93.4 Å². The number of hydrogen-bond acceptors (Lipinski definition) is 3. The Bertz CT molecular complexity index is 516. The molecule has 3 rings (SSSR count). The van der Waals surface area contributed by atoms with Crippen LogP contribution in [-0.4, -0.2) is 38.5 Å². The van der Waals surface area contributed by atoms with E-state index in [0.717, 1.165) is 54.8 Å². The molecule has 2 saturated carbocycles. The van der Waals surface area contributed by atoms with E-state index in [1.807, 2.05) is 33.2 Å². The van der Waals surface area contributed by atoms with Gasteiger partial charge in [-0.25, -0.2) is 0 Å². The van der Waals surface area contributed by atoms with Gasteiger partial charge in [-0.2, -0.15) is 5.70 Å². The van der Waals surface area contributed by atoms with Crippen molar-refractivity contribution < 1.29 is 34.3 Å². The van der Waals surface area contributed by atoms with Crippen LogP contribution in [0.3, 0.4) is 0 Å². The molecule has 202 valence electrons. The minimum absolute atomic E-state index is 0. The number of hydrogen-bond donors (Lipinski definition) is 0. The molecule has 35 heavy (non-hydrogen) atoms. The molecular formula is C30H59N2NaOS. The first-order valence-corrected chi connectivity index (χ1v) is 14.7. The van der Waals surface area contributed by atoms with Gasteiger partial charge in [0, 0.05) is 27.3 Å². The second-order valence-corrected chi connectivity index (χ2v) is 10.5. The maximum absolute atomic E-state index is 4.25. The summed E-state index contributed by atoms with van der Waals surface area (Å²) >= 11 is 1.49. The van der Waals surface area contributed by atoms with Crippen molar-refractivity contribution in [1.29, 1.82) is 0 Å². The normalized spacial score (nSPS) is 22.2. The zero-order valence-corrected chi connectivity index (χ0v) is 28.3. The van der Waals surface area contributed by atoms with Gasteiger partial charge in [0.15, 0.2) is 0 Å². The largest absolute Gasteiger partial charge is 1.00 e. The Morgan fingerprint density at radius 2 is 1.51 bits per heavy atom. The third-order valence-corrected chi connectivity index (χ3v) is 7.12. The van der Waals surface area contributed by atoms with Crippen LogP contribution < -0.4 is 29.6 Å². The van der Waals surface area contributed by atoms with Crippen molar-refractivity contribution in [2.75, 3.05) is 33.6 Å². The first kappa shape index (κ1) is 39.6. The monoisotopic (exact) mass is 518 g/mol. The molecule has 3 fully saturated rings. The molecule has 0 radical (unpaired) electrons. The zero-order chi connectivity index (χ0) is 26.5. The van der Waals surface area contributed by atoms with E-state index in [1.54, 1.807) is 27.1 Å². The fraction of sp³-hybridized carbons (Fsp3) is 0.800. The first-order valence-electron chi connectivity index (χ1n) is 13.5. The van der Waals surface area contributed by atoms with Gasteiger partial charge in [-0.1, -0.05) is 65.2 Å². The summed E-state index contributed by atoms with van der Waals surface area (Å²) in [6.07, 6.45) is 15.8. The standard InChI is InChI=1S/C11H20.C10H17N2S.C5H10.C2H6O.C2H6.Na/c1-8-4-3-5-9(2)11(8)10-6-7-10;1-4-12-7-10(8-12)6-5-9(2)11-13-3;1-4-5(2)3;1-3-2;1-2;/h8-11H,3-7H2,1-2H3;4,10H,1-2,5-8H2,3H3;4H,1-3H3;1-2H3;1-2H3;/q;-1;;;;+1/t8-,9?,11?;;;;;/m1...../s1. The molecule has 0 bridgehead atoms. The van der Waals surface area contributed by atoms with Gasteiger partial charge in [0.2, 0.25) is 0 Å². The minimum atomic E-state index is 0. The van der Waals surface area contributed by atoms with Crippen molar-refractivity contribution in [1.82, 2.24) is 4.90 Å². The van der Waals surface area contributed by atoms with E-state index in [4.69, 9.17) is 0 Å². The van der Waals surface area contributed by atoms with Gasteiger partial charge in [0.1, 0.15) is 0 Å². The van der Waals surface area contributed by atoms with Crippen LogP contribution in [0.4, 0.5) is 0 Å². The molecule has 0 N–H and O–H groups in total. The molecule has 2 unspecified atom stereocenters. The quantitative estimate of drug-likeness (QED) is 0.212. The number of nitrogens with zero attached hydrogens (tertiary/aromatic N) is 2. The van der Waals surface area contributed by atoms with Crippen LogP contribution in [0.15, 0.2) is 36.7 Å². The van der Waals surface area contributed by atoms with E-state index >= 15 is 0 Å². The van der Waals surface area contributed by atoms with Gasteiger partial charge in [-0.05, 0) is 88.5 Å². The molecule has 0 aromatic carbocycles. The SMILES string of the molecule is C=CN1CC(CCC(=C)[N-]SC)C1.CC.CC1CCC[C@@H](C)C1C1CC1.CC=C(C)C.COC.[Na+]. The number of likely N-dealkylation sites (tertiary alicyclic amines) is 1. The molecule has 0 amide bonds. The van der Waals surface area contributed by atoms with Crippen LogP contribution in [-0.2, 0) is 4.74 Å². The van der Waals surface area contributed by atoms with Crippen molar-refractivity contribution in [3.8, 4) is 0 Å². The van der Waals surface area contributed by atoms with Crippen molar-refractivity contribution in [2.24, 2.45) is 29.6 Å². The molecule has 1 heterocycles. The molecule has 2 aliphatic carbocycles. The molecule has 0 aromatic heterocycles. The average Bonchev–Trinajstić information content (AvgIpc) is 3.61. The van der Waals surface area contributed by atoms with Crippen molar-refractivity contribution in [3.63, 3.8) is 0 Å². The second-order valence-electron chi connectivity index (χ2n) is 9.96. The van der Waals surface area contributed by atoms with E-state index in [0.29, 0.717) is 0 Å². The van der Waals surface area contributed by atoms with Crippen LogP contribution in [0.1, 0.15) is 93.4 Å². The van der Waals surface area contributed by atoms with Crippen LogP contribution >= 0.6 is 11.9 Å². The second kappa shape index (κ2) is 25.8. The minimum Gasteiger partial charge on any atom is -0.635 e. The van der Waals surface area contributed by atoms with Gasteiger partial charge < -0.3 is 14.4 Å². The smallest absolute Gasteiger partial charge is 0.635 e. The molecule has 3 nitrogen and oxygen atoms in total. The first-order chi connectivity index (χ1) is 16.2. The topological polar surface area (TPSA) is 26.6 Å². The van der Waals surface area contributed by atoms with E-state index < -0.39 is 0 Å². The Kier molecular flexibility index (Phi) is 29.2. The number of rotatable bonds is 7. The summed E-state index contributed by atoms with van der Waals surface area (Å²) < 4.78 is 8.43. The molecule has 3 atom stereocenters. The van der Waals surface area contributed by atoms with Gasteiger partial charge in [-0.3, -0.25) is 11.9 Å². The Morgan fingerprint density at radius 3 is 1.86 bits per heavy atom. The van der Waals surface area contributed by atoms with Gasteiger partial charge >= 0.3 is 29.6 Å². The number of ether oxygens (including phenoxy) is 1. The fourth-order valence-electron chi connectivity index (χ4n) is 4.60. The van der Waals surface area contributed by atoms with Crippen LogP contribution in [0.5, 0.6) is 0 Å². The maximum atomic E-state index is 4.25. The van der Waals surface area contributed by atoms with Crippen molar-refractivity contribution >= 4 is 11.9 Å². The number of allylic oxidation sites excluding steroid dienone is 3. The molecule has 1 saturated heterocycles. The average molecular weight is 519 g/mol. The van der Waals surface area contributed by atoms with Crippen LogP contribution in [0, 0.1) is 29.6 Å². The third kappa shape index (κ3) is 20.8. The van der Waals surface area contributed by atoms with Gasteiger partial charge in [0.25, 0.3) is 0 Å². The predicted molar refractivity (Wildman–Crippen MR) is 158 cm³/mol. The summed E-state index contributed by atoms with van der Waals surface area (Å²) in [6, 6.07) is 0. The molecule has 0 spiro atoms. The van der Waals surface area contributed by atoms with Crippen LogP contribution in [0.2, 0.25) is 0 Å². The molecule has 5 heteroatoms. The Balaban J connectivity index is -0.000000421. The Hall–Kier alpha value is 0.130. The van der Waals surface area contributed by atoms with Gasteiger partial charge in [-0.15, -0.1) is 6.58 Å². The van der Waals surface area contributed by atoms with Crippen molar-refractivity contribution in [3.05, 3.63) is 41.4 Å². The predicted octanol–water partition coefficient (Wildman–Crippen LogP) is 6.74. The van der Waals surface area contributed by atoms with E-state index in [1.165, 1.54) is 43.2 Å². The number of methoxy groups -OCH3 is 1. The molecule has 0 aromatic rings. The summed E-state index contributed by atoms with van der Waals surface area (Å²) in [5, 5.41) is 0. The Morgan fingerprint density at radius 1 is 1.06 bits per heavy atom. The summed E-state index contributed by atoms with van der Waals surface area (Å²) in [5.41, 5.74) is 2.40.